The van der Waals surface area contributed by atoms with Crippen LogP contribution in [0, 0.1) is 19.7 Å². The lowest BCUT2D eigenvalue weighted by molar-refractivity contribution is 0.626. The molecule has 0 aliphatic heterocycles. The predicted octanol–water partition coefficient (Wildman–Crippen LogP) is 4.71. The van der Waals surface area contributed by atoms with Crippen molar-refractivity contribution in [2.45, 2.75) is 20.4 Å². The third-order valence-corrected chi connectivity index (χ3v) is 3.17. The first-order valence-electron chi connectivity index (χ1n) is 5.81. The highest BCUT2D eigenvalue weighted by atomic mass is 35.5. The molecule has 2 aromatic rings. The van der Waals surface area contributed by atoms with Gasteiger partial charge < -0.3 is 5.32 Å². The molecule has 1 N–H and O–H groups in total. The smallest absolute Gasteiger partial charge is 0.142 e. The Kier molecular flexibility index (Phi) is 3.87. The quantitative estimate of drug-likeness (QED) is 0.846. The lowest BCUT2D eigenvalue weighted by atomic mass is 10.1. The Morgan fingerprint density at radius 3 is 2.61 bits per heavy atom. The van der Waals surface area contributed by atoms with Gasteiger partial charge in [-0.15, -0.1) is 0 Å². The maximum Gasteiger partial charge on any atom is 0.142 e. The summed E-state index contributed by atoms with van der Waals surface area (Å²) in [6.45, 7) is 4.68. The molecule has 3 heteroatoms. The zero-order chi connectivity index (χ0) is 13.1. The highest BCUT2D eigenvalue weighted by Gasteiger charge is 2.02. The topological polar surface area (TPSA) is 12.0 Å². The normalized spacial score (nSPS) is 10.4. The minimum Gasteiger partial charge on any atom is -0.381 e. The second-order valence-electron chi connectivity index (χ2n) is 4.42. The second kappa shape index (κ2) is 5.40. The predicted molar refractivity (Wildman–Crippen MR) is 74.7 cm³/mol. The number of hydrogen-bond donors (Lipinski definition) is 1. The minimum atomic E-state index is -0.378. The van der Waals surface area contributed by atoms with Crippen molar-refractivity contribution in [1.29, 1.82) is 0 Å². The lowest BCUT2D eigenvalue weighted by Crippen LogP contribution is -2.01. The van der Waals surface area contributed by atoms with E-state index in [-0.39, 0.29) is 10.8 Å². The zero-order valence-corrected chi connectivity index (χ0v) is 11.2. The molecule has 1 nitrogen and oxygen atoms in total. The largest absolute Gasteiger partial charge is 0.381 e. The Labute approximate surface area is 112 Å². The summed E-state index contributed by atoms with van der Waals surface area (Å²) in [5.41, 5.74) is 4.32. The standard InChI is InChI=1S/C15H15ClFN/c1-10-3-4-11(2)15(7-10)18-9-12-5-6-13(16)14(17)8-12/h3-8,18H,9H2,1-2H3. The SMILES string of the molecule is Cc1ccc(C)c(NCc2ccc(Cl)c(F)c2)c1. The fourth-order valence-electron chi connectivity index (χ4n) is 1.77. The zero-order valence-electron chi connectivity index (χ0n) is 10.4. The third kappa shape index (κ3) is 3.02. The van der Waals surface area contributed by atoms with Crippen molar-refractivity contribution in [3.63, 3.8) is 0 Å². The van der Waals surface area contributed by atoms with Crippen LogP contribution in [-0.2, 0) is 6.54 Å². The van der Waals surface area contributed by atoms with Crippen LogP contribution in [0.15, 0.2) is 36.4 Å². The summed E-state index contributed by atoms with van der Waals surface area (Å²) in [4.78, 5) is 0. The maximum absolute atomic E-state index is 13.3. The van der Waals surface area contributed by atoms with Crippen molar-refractivity contribution < 1.29 is 4.39 Å². The summed E-state index contributed by atoms with van der Waals surface area (Å²) >= 11 is 5.65. The van der Waals surface area contributed by atoms with Crippen LogP contribution in [0.25, 0.3) is 0 Å². The third-order valence-electron chi connectivity index (χ3n) is 2.86. The molecule has 2 rings (SSSR count). The monoisotopic (exact) mass is 263 g/mol. The average molecular weight is 264 g/mol. The molecular formula is C15H15ClFN. The summed E-state index contributed by atoms with van der Waals surface area (Å²) < 4.78 is 13.3. The number of rotatable bonds is 3. The van der Waals surface area contributed by atoms with Crippen molar-refractivity contribution in [2.24, 2.45) is 0 Å². The summed E-state index contributed by atoms with van der Waals surface area (Å²) in [6.07, 6.45) is 0. The number of anilines is 1. The van der Waals surface area contributed by atoms with Gasteiger partial charge in [0.15, 0.2) is 0 Å². The number of halogens is 2. The molecule has 0 heterocycles. The summed E-state index contributed by atoms with van der Waals surface area (Å²) in [6, 6.07) is 11.1. The Hall–Kier alpha value is -1.54. The molecule has 94 valence electrons. The summed E-state index contributed by atoms with van der Waals surface area (Å²) in [5, 5.41) is 3.46. The van der Waals surface area contributed by atoms with E-state index in [9.17, 15) is 4.39 Å². The molecule has 0 spiro atoms. The number of aryl methyl sites for hydroxylation is 2. The van der Waals surface area contributed by atoms with Crippen LogP contribution in [0.5, 0.6) is 0 Å². The van der Waals surface area contributed by atoms with E-state index < -0.39 is 0 Å². The van der Waals surface area contributed by atoms with Crippen LogP contribution in [-0.4, -0.2) is 0 Å². The van der Waals surface area contributed by atoms with Crippen molar-refractivity contribution in [3.8, 4) is 0 Å². The van der Waals surface area contributed by atoms with Crippen molar-refractivity contribution >= 4 is 17.3 Å². The first-order chi connectivity index (χ1) is 8.56. The average Bonchev–Trinajstić information content (AvgIpc) is 2.34. The number of nitrogens with one attached hydrogen (secondary N) is 1. The van der Waals surface area contributed by atoms with Gasteiger partial charge in [-0.05, 0) is 48.7 Å². The van der Waals surface area contributed by atoms with Gasteiger partial charge in [0.05, 0.1) is 5.02 Å². The van der Waals surface area contributed by atoms with Crippen molar-refractivity contribution in [2.75, 3.05) is 5.32 Å². The second-order valence-corrected chi connectivity index (χ2v) is 4.83. The van der Waals surface area contributed by atoms with E-state index in [1.807, 2.05) is 19.9 Å². The molecule has 0 atom stereocenters. The molecule has 0 aliphatic carbocycles. The molecule has 0 radical (unpaired) electrons. The van der Waals surface area contributed by atoms with E-state index in [1.54, 1.807) is 6.07 Å². The Morgan fingerprint density at radius 2 is 1.89 bits per heavy atom. The van der Waals surface area contributed by atoms with Crippen LogP contribution in [0.4, 0.5) is 10.1 Å². The molecule has 18 heavy (non-hydrogen) atoms. The number of hydrogen-bond acceptors (Lipinski definition) is 1. The summed E-state index contributed by atoms with van der Waals surface area (Å²) in [5.74, 6) is -0.378. The van der Waals surface area contributed by atoms with Gasteiger partial charge in [-0.3, -0.25) is 0 Å². The Bertz CT molecular complexity index is 566. The fourth-order valence-corrected chi connectivity index (χ4v) is 1.89. The molecule has 0 saturated heterocycles. The molecule has 0 aromatic heterocycles. The van der Waals surface area contributed by atoms with Crippen LogP contribution in [0.3, 0.4) is 0 Å². The van der Waals surface area contributed by atoms with Gasteiger partial charge in [-0.25, -0.2) is 4.39 Å². The van der Waals surface area contributed by atoms with E-state index in [4.69, 9.17) is 11.6 Å². The van der Waals surface area contributed by atoms with E-state index >= 15 is 0 Å². The van der Waals surface area contributed by atoms with E-state index in [0.717, 1.165) is 11.3 Å². The van der Waals surface area contributed by atoms with Gasteiger partial charge in [0.25, 0.3) is 0 Å². The van der Waals surface area contributed by atoms with E-state index in [1.165, 1.54) is 17.2 Å². The van der Waals surface area contributed by atoms with Gasteiger partial charge >= 0.3 is 0 Å². The van der Waals surface area contributed by atoms with E-state index in [0.29, 0.717) is 6.54 Å². The summed E-state index contributed by atoms with van der Waals surface area (Å²) in [7, 11) is 0. The Balaban J connectivity index is 2.11. The van der Waals surface area contributed by atoms with Gasteiger partial charge in [0.2, 0.25) is 0 Å². The van der Waals surface area contributed by atoms with Crippen molar-refractivity contribution in [3.05, 3.63) is 63.9 Å². The molecule has 0 fully saturated rings. The molecular weight excluding hydrogens is 249 g/mol. The minimum absolute atomic E-state index is 0.158. The number of benzene rings is 2. The highest BCUT2D eigenvalue weighted by molar-refractivity contribution is 6.30. The van der Waals surface area contributed by atoms with Crippen LogP contribution in [0.2, 0.25) is 5.02 Å². The molecule has 2 aromatic carbocycles. The van der Waals surface area contributed by atoms with Gasteiger partial charge in [-0.1, -0.05) is 29.8 Å². The molecule has 0 saturated carbocycles. The molecule has 0 aliphatic rings. The van der Waals surface area contributed by atoms with Gasteiger partial charge in [0.1, 0.15) is 5.82 Å². The molecule has 0 unspecified atom stereocenters. The fraction of sp³-hybridized carbons (Fsp3) is 0.200. The van der Waals surface area contributed by atoms with Crippen molar-refractivity contribution in [1.82, 2.24) is 0 Å². The first kappa shape index (κ1) is 12.9. The highest BCUT2D eigenvalue weighted by Crippen LogP contribution is 2.19. The van der Waals surface area contributed by atoms with Gasteiger partial charge in [0, 0.05) is 12.2 Å². The van der Waals surface area contributed by atoms with Gasteiger partial charge in [-0.2, -0.15) is 0 Å². The van der Waals surface area contributed by atoms with E-state index in [2.05, 4.69) is 23.5 Å². The lowest BCUT2D eigenvalue weighted by Gasteiger charge is -2.10. The first-order valence-corrected chi connectivity index (χ1v) is 6.19. The van der Waals surface area contributed by atoms with Crippen LogP contribution in [0.1, 0.15) is 16.7 Å². The maximum atomic E-state index is 13.3. The molecule has 0 amide bonds. The van der Waals surface area contributed by atoms with Crippen LogP contribution < -0.4 is 5.32 Å². The van der Waals surface area contributed by atoms with Crippen LogP contribution >= 0.6 is 11.6 Å². The molecule has 0 bridgehead atoms. The Morgan fingerprint density at radius 1 is 1.11 bits per heavy atom.